The molecular weight excluding hydrogens is 374 g/mol. The molecule has 1 aliphatic rings. The maximum Gasteiger partial charge on any atom is 0.248 e. The van der Waals surface area contributed by atoms with Gasteiger partial charge in [0.1, 0.15) is 17.5 Å². The Morgan fingerprint density at radius 1 is 1.30 bits per heavy atom. The second-order valence-corrected chi connectivity index (χ2v) is 7.35. The lowest BCUT2D eigenvalue weighted by Gasteiger charge is -2.40. The first-order valence-electron chi connectivity index (χ1n) is 8.54. The van der Waals surface area contributed by atoms with E-state index >= 15 is 0 Å². The van der Waals surface area contributed by atoms with Crippen molar-refractivity contribution >= 4 is 29.6 Å². The first kappa shape index (κ1) is 19.3. The first-order valence-corrected chi connectivity index (χ1v) is 8.91. The minimum Gasteiger partial charge on any atom is -0.351 e. The van der Waals surface area contributed by atoms with Crippen LogP contribution < -0.4 is 10.2 Å². The summed E-state index contributed by atoms with van der Waals surface area (Å²) in [6, 6.07) is 10.6. The quantitative estimate of drug-likeness (QED) is 0.749. The molecule has 1 N–H and O–H groups in total. The van der Waals surface area contributed by atoms with E-state index in [4.69, 9.17) is 11.6 Å². The lowest BCUT2D eigenvalue weighted by molar-refractivity contribution is -0.126. The third-order valence-electron chi connectivity index (χ3n) is 4.64. The Balaban J connectivity index is 1.95. The van der Waals surface area contributed by atoms with Crippen LogP contribution in [0.5, 0.6) is 0 Å². The molecule has 2 amide bonds. The molecule has 0 aliphatic heterocycles. The summed E-state index contributed by atoms with van der Waals surface area (Å²) in [4.78, 5) is 25.9. The Hall–Kier alpha value is -2.47. The Labute approximate surface area is 161 Å². The lowest BCUT2D eigenvalue weighted by atomic mass is 9.78. The van der Waals surface area contributed by atoms with Gasteiger partial charge in [0.2, 0.25) is 12.3 Å². The van der Waals surface area contributed by atoms with E-state index in [9.17, 15) is 18.4 Å². The van der Waals surface area contributed by atoms with Crippen molar-refractivity contribution in [2.24, 2.45) is 0 Å². The molecule has 1 aliphatic carbocycles. The third-order valence-corrected chi connectivity index (χ3v) is 4.98. The second kappa shape index (κ2) is 7.64. The van der Waals surface area contributed by atoms with E-state index in [1.807, 2.05) is 0 Å². The zero-order valence-electron chi connectivity index (χ0n) is 14.7. The van der Waals surface area contributed by atoms with Crippen LogP contribution in [0, 0.1) is 5.82 Å². The van der Waals surface area contributed by atoms with Crippen molar-refractivity contribution in [3.05, 3.63) is 64.9 Å². The SMILES string of the molecule is CC1(F)CC(NC(=O)C(c2ccccc2Cl)N(C=O)c2cccc(F)c2)C1. The van der Waals surface area contributed by atoms with Crippen LogP contribution in [0.4, 0.5) is 14.5 Å². The molecule has 1 fully saturated rings. The molecule has 0 heterocycles. The number of hydrogen-bond donors (Lipinski definition) is 1. The van der Waals surface area contributed by atoms with Gasteiger partial charge in [-0.3, -0.25) is 14.5 Å². The molecule has 0 aromatic heterocycles. The predicted octanol–water partition coefficient (Wildman–Crippen LogP) is 4.19. The maximum atomic E-state index is 13.7. The number of carbonyl (C=O) groups is 2. The number of alkyl halides is 1. The number of amides is 2. The molecule has 2 aromatic carbocycles. The first-order chi connectivity index (χ1) is 12.8. The van der Waals surface area contributed by atoms with Gasteiger partial charge >= 0.3 is 0 Å². The van der Waals surface area contributed by atoms with Crippen molar-refractivity contribution in [3.63, 3.8) is 0 Å². The van der Waals surface area contributed by atoms with Gasteiger partial charge in [0.15, 0.2) is 0 Å². The topological polar surface area (TPSA) is 49.4 Å². The van der Waals surface area contributed by atoms with Crippen molar-refractivity contribution in [3.8, 4) is 0 Å². The van der Waals surface area contributed by atoms with Gasteiger partial charge in [-0.1, -0.05) is 35.9 Å². The van der Waals surface area contributed by atoms with Crippen molar-refractivity contribution in [1.82, 2.24) is 5.32 Å². The van der Waals surface area contributed by atoms with Crippen LogP contribution in [0.2, 0.25) is 5.02 Å². The van der Waals surface area contributed by atoms with Gasteiger partial charge in [-0.15, -0.1) is 0 Å². The van der Waals surface area contributed by atoms with E-state index < -0.39 is 23.4 Å². The molecule has 0 spiro atoms. The lowest BCUT2D eigenvalue weighted by Crippen LogP contribution is -2.53. The summed E-state index contributed by atoms with van der Waals surface area (Å²) >= 11 is 6.26. The Bertz CT molecular complexity index is 851. The number of nitrogens with zero attached hydrogens (tertiary/aromatic N) is 1. The molecule has 0 radical (unpaired) electrons. The van der Waals surface area contributed by atoms with Crippen LogP contribution in [-0.4, -0.2) is 24.0 Å². The van der Waals surface area contributed by atoms with Gasteiger partial charge in [-0.05, 0) is 31.2 Å². The van der Waals surface area contributed by atoms with E-state index in [0.717, 1.165) is 11.0 Å². The fraction of sp³-hybridized carbons (Fsp3) is 0.300. The summed E-state index contributed by atoms with van der Waals surface area (Å²) in [5.74, 6) is -1.04. The third kappa shape index (κ3) is 4.27. The van der Waals surface area contributed by atoms with Gasteiger partial charge in [0, 0.05) is 35.2 Å². The molecule has 142 valence electrons. The molecule has 27 heavy (non-hydrogen) atoms. The molecule has 0 saturated heterocycles. The molecule has 1 unspecified atom stereocenters. The van der Waals surface area contributed by atoms with Crippen molar-refractivity contribution in [1.29, 1.82) is 0 Å². The highest BCUT2D eigenvalue weighted by Gasteiger charge is 2.42. The molecular formula is C20H19ClF2N2O2. The summed E-state index contributed by atoms with van der Waals surface area (Å²) < 4.78 is 27.4. The van der Waals surface area contributed by atoms with Crippen LogP contribution >= 0.6 is 11.6 Å². The Morgan fingerprint density at radius 2 is 2.00 bits per heavy atom. The van der Waals surface area contributed by atoms with Gasteiger partial charge in [-0.2, -0.15) is 0 Å². The second-order valence-electron chi connectivity index (χ2n) is 6.94. The Morgan fingerprint density at radius 3 is 2.59 bits per heavy atom. The number of carbonyl (C=O) groups excluding carboxylic acids is 2. The van der Waals surface area contributed by atoms with Gasteiger partial charge in [-0.25, -0.2) is 8.78 Å². The maximum absolute atomic E-state index is 13.7. The number of rotatable bonds is 6. The number of anilines is 1. The minimum atomic E-state index is -1.30. The van der Waals surface area contributed by atoms with Crippen LogP contribution in [0.1, 0.15) is 31.4 Å². The molecule has 0 bridgehead atoms. The predicted molar refractivity (Wildman–Crippen MR) is 99.8 cm³/mol. The van der Waals surface area contributed by atoms with Crippen molar-refractivity contribution < 1.29 is 18.4 Å². The molecule has 2 aromatic rings. The average molecular weight is 393 g/mol. The highest BCUT2D eigenvalue weighted by molar-refractivity contribution is 6.31. The van der Waals surface area contributed by atoms with Crippen molar-refractivity contribution in [2.75, 3.05) is 4.90 Å². The summed E-state index contributed by atoms with van der Waals surface area (Å²) in [5.41, 5.74) is -0.686. The van der Waals surface area contributed by atoms with Crippen LogP contribution in [0.15, 0.2) is 48.5 Å². The van der Waals surface area contributed by atoms with E-state index in [-0.39, 0.29) is 24.6 Å². The summed E-state index contributed by atoms with van der Waals surface area (Å²) in [6.45, 7) is 1.48. The van der Waals surface area contributed by atoms with Crippen LogP contribution in [0.3, 0.4) is 0 Å². The average Bonchev–Trinajstić information content (AvgIpc) is 2.58. The molecule has 3 rings (SSSR count). The molecule has 1 saturated carbocycles. The zero-order chi connectivity index (χ0) is 19.6. The monoisotopic (exact) mass is 392 g/mol. The van der Waals surface area contributed by atoms with Crippen molar-refractivity contribution in [2.45, 2.75) is 37.5 Å². The van der Waals surface area contributed by atoms with Gasteiger partial charge in [0.25, 0.3) is 0 Å². The number of benzene rings is 2. The summed E-state index contributed by atoms with van der Waals surface area (Å²) in [7, 11) is 0. The number of hydrogen-bond acceptors (Lipinski definition) is 2. The largest absolute Gasteiger partial charge is 0.351 e. The normalized spacial score (nSPS) is 22.4. The number of nitrogens with one attached hydrogen (secondary N) is 1. The van der Waals surface area contributed by atoms with E-state index in [2.05, 4.69) is 5.32 Å². The fourth-order valence-electron chi connectivity index (χ4n) is 3.37. The molecule has 7 heteroatoms. The van der Waals surface area contributed by atoms with Crippen LogP contribution in [-0.2, 0) is 9.59 Å². The Kier molecular flexibility index (Phi) is 5.46. The smallest absolute Gasteiger partial charge is 0.248 e. The summed E-state index contributed by atoms with van der Waals surface area (Å²) in [6.07, 6.45) is 0.868. The molecule has 1 atom stereocenters. The highest BCUT2D eigenvalue weighted by atomic mass is 35.5. The molecule has 4 nitrogen and oxygen atoms in total. The van der Waals surface area contributed by atoms with Gasteiger partial charge < -0.3 is 5.32 Å². The van der Waals surface area contributed by atoms with E-state index in [0.29, 0.717) is 17.0 Å². The standard InChI is InChI=1S/C20H19ClF2N2O2/c1-20(23)10-14(11-20)24-19(27)18(16-7-2-3-8-17(16)21)25(12-26)15-6-4-5-13(22)9-15/h2-9,12,14,18H,10-11H2,1H3,(H,24,27). The highest BCUT2D eigenvalue weighted by Crippen LogP contribution is 2.37. The van der Waals surface area contributed by atoms with E-state index in [1.54, 1.807) is 24.3 Å². The van der Waals surface area contributed by atoms with Gasteiger partial charge in [0.05, 0.1) is 0 Å². The minimum absolute atomic E-state index is 0.203. The number of halogens is 3. The van der Waals surface area contributed by atoms with E-state index in [1.165, 1.54) is 25.1 Å². The fourth-order valence-corrected chi connectivity index (χ4v) is 3.61. The van der Waals surface area contributed by atoms with Crippen LogP contribution in [0.25, 0.3) is 0 Å². The zero-order valence-corrected chi connectivity index (χ0v) is 15.4. The summed E-state index contributed by atoms with van der Waals surface area (Å²) in [5, 5.41) is 3.06.